The predicted molar refractivity (Wildman–Crippen MR) is 285 cm³/mol. The van der Waals surface area contributed by atoms with E-state index in [0.717, 1.165) is 24.8 Å². The number of aromatic nitrogens is 7. The van der Waals surface area contributed by atoms with E-state index >= 15 is 0 Å². The lowest BCUT2D eigenvalue weighted by Crippen LogP contribution is -2.56. The minimum absolute atomic E-state index is 0.00420. The summed E-state index contributed by atoms with van der Waals surface area (Å²) in [6.07, 6.45) is 12.8. The minimum Gasteiger partial charge on any atom is -0.458 e. The highest BCUT2D eigenvalue weighted by molar-refractivity contribution is 7.90. The van der Waals surface area contributed by atoms with Gasteiger partial charge in [-0.1, -0.05) is 44.6 Å². The Kier molecular flexibility index (Phi) is 18.2. The van der Waals surface area contributed by atoms with E-state index in [1.54, 1.807) is 54.4 Å². The summed E-state index contributed by atoms with van der Waals surface area (Å²) in [6.45, 7) is 5.90. The SMILES string of the molecule is CC[C@@]1(O)C(=O)OCc2c1cc1n(c2=O)Cc2c-1nc1cc3c(cc1c2/C=C/COCNC(=O)CNC(=O)C(CCCCN(C)C)NC(=O)C(NC(=O)CCCCCn1cc(-c2cnc(S(C)(=O)=O)nc2)nn1)C(C)C)OCO3. The van der Waals surface area contributed by atoms with Crippen molar-refractivity contribution >= 4 is 56.4 Å². The standard InChI is InChI=1S/C53H66N12O13S/c1-7-53(72)37-21-41-47-35(26-65(41)50(70)36(37)28-76-51(53)71)33(34-20-42-43(78-30-77-42)22-39(34)58-47)14-13-19-75-29-57-45(67)25-54-48(68)38(15-10-12-17-63(4)5)59-49(69)46(31(2)3)60-44(66)16-9-8-11-18-64-27-40(61-62-64)32-23-55-52(56-24-32)79(6,73)74/h13-14,20-24,27,31,38,46,72H,7-12,15-19,25-26,28-30H2,1-6H3,(H,54,68)(H,57,67)(H,59,69)(H,60,66)/b14-13+/t38?,46?,53-/m0/s1. The number of carbonyl (C=O) groups is 5. The van der Waals surface area contributed by atoms with E-state index < -0.39 is 63.3 Å². The van der Waals surface area contributed by atoms with Crippen molar-refractivity contribution in [1.29, 1.82) is 0 Å². The van der Waals surface area contributed by atoms with Gasteiger partial charge in [0.2, 0.25) is 45.4 Å². The monoisotopic (exact) mass is 1110 g/mol. The number of aliphatic hydroxyl groups is 1. The number of benzene rings is 1. The summed E-state index contributed by atoms with van der Waals surface area (Å²) in [6, 6.07) is 3.30. The molecule has 3 aliphatic heterocycles. The number of hydrogen-bond acceptors (Lipinski definition) is 19. The molecule has 4 amide bonds. The highest BCUT2D eigenvalue weighted by Crippen LogP contribution is 2.43. The molecule has 5 N–H and O–H groups in total. The van der Waals surface area contributed by atoms with Gasteiger partial charge in [-0.3, -0.25) is 28.7 Å². The van der Waals surface area contributed by atoms with Crippen molar-refractivity contribution in [2.75, 3.05) is 53.6 Å². The van der Waals surface area contributed by atoms with E-state index in [1.807, 2.05) is 31.1 Å². The minimum atomic E-state index is -3.54. The fourth-order valence-corrected chi connectivity index (χ4v) is 9.96. The van der Waals surface area contributed by atoms with Crippen LogP contribution in [0.2, 0.25) is 0 Å². The maximum atomic E-state index is 13.9. The molecule has 7 heterocycles. The molecule has 79 heavy (non-hydrogen) atoms. The van der Waals surface area contributed by atoms with Crippen LogP contribution in [0.4, 0.5) is 0 Å². The van der Waals surface area contributed by atoms with Crippen LogP contribution in [0.5, 0.6) is 11.5 Å². The van der Waals surface area contributed by atoms with Crippen LogP contribution in [0.15, 0.2) is 52.8 Å². The summed E-state index contributed by atoms with van der Waals surface area (Å²) in [5.41, 5.74) is 1.95. The molecule has 422 valence electrons. The van der Waals surface area contributed by atoms with Crippen molar-refractivity contribution < 1.29 is 56.4 Å². The quantitative estimate of drug-likeness (QED) is 0.0225. The number of nitrogens with zero attached hydrogens (tertiary/aromatic N) is 8. The zero-order chi connectivity index (χ0) is 56.6. The average Bonchev–Trinajstić information content (AvgIpc) is 4.22. The normalized spacial score (nSPS) is 16.1. The smallest absolute Gasteiger partial charge is 0.343 e. The summed E-state index contributed by atoms with van der Waals surface area (Å²) in [5, 5.41) is 31.0. The third-order valence-electron chi connectivity index (χ3n) is 13.9. The number of amides is 4. The van der Waals surface area contributed by atoms with Gasteiger partial charge in [-0.25, -0.2) is 28.2 Å². The van der Waals surface area contributed by atoms with Gasteiger partial charge < -0.3 is 54.8 Å². The predicted octanol–water partition coefficient (Wildman–Crippen LogP) is 2.10. The van der Waals surface area contributed by atoms with Gasteiger partial charge in [0, 0.05) is 59.8 Å². The van der Waals surface area contributed by atoms with Crippen LogP contribution in [0, 0.1) is 5.92 Å². The van der Waals surface area contributed by atoms with E-state index in [0.29, 0.717) is 89.3 Å². The maximum absolute atomic E-state index is 13.9. The fraction of sp³-hybridized carbons (Fsp3) is 0.491. The van der Waals surface area contributed by atoms with Crippen molar-refractivity contribution in [3.63, 3.8) is 0 Å². The molecule has 0 bridgehead atoms. The van der Waals surface area contributed by atoms with Gasteiger partial charge in [-0.15, -0.1) is 5.10 Å². The van der Waals surface area contributed by atoms with Gasteiger partial charge in [-0.2, -0.15) is 0 Å². The molecule has 0 spiro atoms. The summed E-state index contributed by atoms with van der Waals surface area (Å²) < 4.78 is 48.8. The molecular weight excluding hydrogens is 1040 g/mol. The molecule has 25 nitrogen and oxygen atoms in total. The van der Waals surface area contributed by atoms with Crippen LogP contribution in [0.25, 0.3) is 39.6 Å². The molecule has 3 atom stereocenters. The first-order chi connectivity index (χ1) is 37.7. The molecule has 2 unspecified atom stereocenters. The molecule has 4 aromatic heterocycles. The number of carbonyl (C=O) groups excluding carboxylic acids is 5. The third-order valence-corrected chi connectivity index (χ3v) is 14.7. The van der Waals surface area contributed by atoms with E-state index in [1.165, 1.54) is 12.4 Å². The Morgan fingerprint density at radius 1 is 0.937 bits per heavy atom. The summed E-state index contributed by atoms with van der Waals surface area (Å²) in [4.78, 5) is 94.8. The Hall–Kier alpha value is -7.68. The van der Waals surface area contributed by atoms with E-state index in [4.69, 9.17) is 23.9 Å². The van der Waals surface area contributed by atoms with Crippen LogP contribution in [0.3, 0.4) is 0 Å². The molecule has 26 heteroatoms. The molecule has 0 saturated carbocycles. The lowest BCUT2D eigenvalue weighted by molar-refractivity contribution is -0.172. The van der Waals surface area contributed by atoms with Crippen LogP contribution in [0.1, 0.15) is 94.4 Å². The first-order valence-electron chi connectivity index (χ1n) is 26.1. The second-order valence-corrected chi connectivity index (χ2v) is 22.2. The zero-order valence-electron chi connectivity index (χ0n) is 45.0. The van der Waals surface area contributed by atoms with Crippen molar-refractivity contribution in [2.24, 2.45) is 5.92 Å². The zero-order valence-corrected chi connectivity index (χ0v) is 45.8. The van der Waals surface area contributed by atoms with Gasteiger partial charge in [-0.05, 0) is 82.8 Å². The summed E-state index contributed by atoms with van der Waals surface area (Å²) in [7, 11) is 0.338. The van der Waals surface area contributed by atoms with Crippen LogP contribution in [-0.2, 0) is 68.6 Å². The van der Waals surface area contributed by atoms with Crippen molar-refractivity contribution in [1.82, 2.24) is 60.7 Å². The number of cyclic esters (lactones) is 1. The fourth-order valence-electron chi connectivity index (χ4n) is 9.47. The number of pyridine rings is 2. The van der Waals surface area contributed by atoms with Crippen molar-refractivity contribution in [3.05, 3.63) is 75.5 Å². The number of unbranched alkanes of at least 4 members (excludes halogenated alkanes) is 3. The van der Waals surface area contributed by atoms with Crippen molar-refractivity contribution in [3.8, 4) is 34.1 Å². The second kappa shape index (κ2) is 25.0. The molecule has 8 rings (SSSR count). The highest BCUT2D eigenvalue weighted by atomic mass is 32.2. The first-order valence-corrected chi connectivity index (χ1v) is 28.0. The Morgan fingerprint density at radius 2 is 1.70 bits per heavy atom. The van der Waals surface area contributed by atoms with Gasteiger partial charge in [0.05, 0.1) is 48.4 Å². The number of esters is 1. The Bertz CT molecular complexity index is 3320. The van der Waals surface area contributed by atoms with E-state index in [9.17, 15) is 42.3 Å². The number of sulfone groups is 1. The lowest BCUT2D eigenvalue weighted by Gasteiger charge is -2.31. The lowest BCUT2D eigenvalue weighted by atomic mass is 9.86. The molecule has 1 aromatic carbocycles. The van der Waals surface area contributed by atoms with E-state index in [-0.39, 0.29) is 74.2 Å². The molecule has 0 aliphatic carbocycles. The Balaban J connectivity index is 0.816. The Labute approximate surface area is 455 Å². The first kappa shape index (κ1) is 57.5. The van der Waals surface area contributed by atoms with Crippen LogP contribution in [-0.4, -0.2) is 148 Å². The summed E-state index contributed by atoms with van der Waals surface area (Å²) in [5.74, 6) is -2.03. The number of nitrogens with one attached hydrogen (secondary N) is 4. The topological polar surface area (TPSA) is 319 Å². The molecule has 0 fully saturated rings. The molecule has 5 aromatic rings. The number of hydrogen-bond donors (Lipinski definition) is 5. The molecular formula is C53H66N12O13S. The van der Waals surface area contributed by atoms with Gasteiger partial charge in [0.15, 0.2) is 17.1 Å². The van der Waals surface area contributed by atoms with Crippen LogP contribution >= 0.6 is 0 Å². The van der Waals surface area contributed by atoms with Crippen LogP contribution < -0.4 is 36.3 Å². The largest absolute Gasteiger partial charge is 0.458 e. The van der Waals surface area contributed by atoms with Gasteiger partial charge in [0.1, 0.15) is 31.1 Å². The maximum Gasteiger partial charge on any atom is 0.343 e. The third kappa shape index (κ3) is 13.4. The highest BCUT2D eigenvalue weighted by Gasteiger charge is 2.45. The molecule has 3 aliphatic rings. The number of fused-ring (bicyclic) bond motifs is 6. The molecule has 0 saturated heterocycles. The van der Waals surface area contributed by atoms with Crippen molar-refractivity contribution in [2.45, 2.75) is 115 Å². The average molecular weight is 1110 g/mol. The van der Waals surface area contributed by atoms with Gasteiger partial charge >= 0.3 is 5.97 Å². The number of aryl methyl sites for hydroxylation is 1. The second-order valence-electron chi connectivity index (χ2n) is 20.3. The summed E-state index contributed by atoms with van der Waals surface area (Å²) >= 11 is 0. The van der Waals surface area contributed by atoms with Gasteiger partial charge in [0.25, 0.3) is 5.56 Å². The number of ether oxygens (including phenoxy) is 4. The number of rotatable bonds is 26. The van der Waals surface area contributed by atoms with E-state index in [2.05, 4.69) is 41.5 Å². The Morgan fingerprint density at radius 3 is 2.42 bits per heavy atom. The molecule has 0 radical (unpaired) electrons.